The molecule has 0 saturated carbocycles. The Balaban J connectivity index is 2.19. The van der Waals surface area contributed by atoms with E-state index in [1.165, 1.54) is 11.4 Å². The van der Waals surface area contributed by atoms with Crippen LogP contribution in [-0.4, -0.2) is 50.1 Å². The lowest BCUT2D eigenvalue weighted by molar-refractivity contribution is 0.136. The van der Waals surface area contributed by atoms with Gasteiger partial charge in [-0.15, -0.1) is 0 Å². The lowest BCUT2D eigenvalue weighted by Crippen LogP contribution is -2.44. The van der Waals surface area contributed by atoms with Crippen LogP contribution in [0.25, 0.3) is 0 Å². The molecule has 0 unspecified atom stereocenters. The summed E-state index contributed by atoms with van der Waals surface area (Å²) >= 11 is 0. The molecule has 1 aliphatic rings. The summed E-state index contributed by atoms with van der Waals surface area (Å²) < 4.78 is 26.4. The standard InChI is InChI=1S/C15H24N2O3S/c1-11(2)8-12-4-6-13(7-5-12)21(19,20)17(3)14-9-16-10-15(14)18/h4-7,11,14-16,18H,8-10H2,1-3H3/t14-,15-/m1/s1. The first-order chi connectivity index (χ1) is 9.82. The number of rotatable bonds is 5. The van der Waals surface area contributed by atoms with Crippen molar-refractivity contribution in [3.05, 3.63) is 29.8 Å². The first-order valence-corrected chi connectivity index (χ1v) is 8.72. The monoisotopic (exact) mass is 312 g/mol. The van der Waals surface area contributed by atoms with E-state index in [4.69, 9.17) is 0 Å². The normalized spacial score (nSPS) is 23.1. The third kappa shape index (κ3) is 3.63. The molecule has 118 valence electrons. The van der Waals surface area contributed by atoms with Crippen molar-refractivity contribution in [2.75, 3.05) is 20.1 Å². The van der Waals surface area contributed by atoms with Gasteiger partial charge in [0.2, 0.25) is 10.0 Å². The summed E-state index contributed by atoms with van der Waals surface area (Å²) in [6.45, 7) is 5.17. The fourth-order valence-corrected chi connectivity index (χ4v) is 4.02. The number of hydrogen-bond acceptors (Lipinski definition) is 4. The van der Waals surface area contributed by atoms with Gasteiger partial charge in [0.15, 0.2) is 0 Å². The Kier molecular flexibility index (Phi) is 5.03. The quantitative estimate of drug-likeness (QED) is 0.845. The summed E-state index contributed by atoms with van der Waals surface area (Å²) in [4.78, 5) is 0.275. The highest BCUT2D eigenvalue weighted by Gasteiger charge is 2.35. The van der Waals surface area contributed by atoms with Gasteiger partial charge < -0.3 is 10.4 Å². The van der Waals surface area contributed by atoms with Gasteiger partial charge in [-0.3, -0.25) is 0 Å². The van der Waals surface area contributed by atoms with E-state index >= 15 is 0 Å². The molecule has 0 spiro atoms. The van der Waals surface area contributed by atoms with Gasteiger partial charge >= 0.3 is 0 Å². The predicted octanol–water partition coefficient (Wildman–Crippen LogP) is 0.838. The van der Waals surface area contributed by atoms with Gasteiger partial charge in [0, 0.05) is 20.1 Å². The van der Waals surface area contributed by atoms with Crippen molar-refractivity contribution in [2.45, 2.75) is 37.3 Å². The van der Waals surface area contributed by atoms with Crippen molar-refractivity contribution < 1.29 is 13.5 Å². The van der Waals surface area contributed by atoms with E-state index in [9.17, 15) is 13.5 Å². The van der Waals surface area contributed by atoms with E-state index in [1.54, 1.807) is 12.1 Å². The van der Waals surface area contributed by atoms with E-state index in [1.807, 2.05) is 12.1 Å². The van der Waals surface area contributed by atoms with E-state index in [0.717, 1.165) is 12.0 Å². The number of β-amino-alcohol motifs (C(OH)–C–C–N with tert-alkyl or cyclic N) is 1. The molecule has 2 atom stereocenters. The third-order valence-corrected chi connectivity index (χ3v) is 5.76. The molecule has 1 heterocycles. The third-order valence-electron chi connectivity index (χ3n) is 3.86. The van der Waals surface area contributed by atoms with E-state index < -0.39 is 22.2 Å². The van der Waals surface area contributed by atoms with Crippen LogP contribution in [0, 0.1) is 5.92 Å². The molecule has 1 saturated heterocycles. The van der Waals surface area contributed by atoms with Crippen LogP contribution < -0.4 is 5.32 Å². The molecule has 0 amide bonds. The van der Waals surface area contributed by atoms with Crippen molar-refractivity contribution in [3.8, 4) is 0 Å². The molecule has 0 aromatic heterocycles. The number of likely N-dealkylation sites (N-methyl/N-ethyl adjacent to an activating group) is 1. The largest absolute Gasteiger partial charge is 0.390 e. The molecule has 0 bridgehead atoms. The molecule has 1 fully saturated rings. The lowest BCUT2D eigenvalue weighted by atomic mass is 10.0. The number of aliphatic hydroxyl groups is 1. The van der Waals surface area contributed by atoms with Crippen LogP contribution >= 0.6 is 0 Å². The summed E-state index contributed by atoms with van der Waals surface area (Å²) in [5.41, 5.74) is 1.13. The van der Waals surface area contributed by atoms with Crippen molar-refractivity contribution in [2.24, 2.45) is 5.92 Å². The summed E-state index contributed by atoms with van der Waals surface area (Å²) in [6.07, 6.45) is 0.270. The maximum Gasteiger partial charge on any atom is 0.243 e. The Morgan fingerprint density at radius 3 is 2.38 bits per heavy atom. The maximum absolute atomic E-state index is 12.6. The molecule has 1 aromatic carbocycles. The zero-order valence-corrected chi connectivity index (χ0v) is 13.6. The van der Waals surface area contributed by atoms with E-state index in [-0.39, 0.29) is 4.90 Å². The Morgan fingerprint density at radius 1 is 1.29 bits per heavy atom. The summed E-state index contributed by atoms with van der Waals surface area (Å²) in [5, 5.41) is 12.8. The molecule has 0 aliphatic carbocycles. The highest BCUT2D eigenvalue weighted by molar-refractivity contribution is 7.89. The first-order valence-electron chi connectivity index (χ1n) is 7.28. The Morgan fingerprint density at radius 2 is 1.90 bits per heavy atom. The fourth-order valence-electron chi connectivity index (χ4n) is 2.64. The molecule has 5 nitrogen and oxygen atoms in total. The zero-order chi connectivity index (χ0) is 15.6. The van der Waals surface area contributed by atoms with Gasteiger partial charge in [0.25, 0.3) is 0 Å². The van der Waals surface area contributed by atoms with Gasteiger partial charge in [-0.2, -0.15) is 4.31 Å². The van der Waals surface area contributed by atoms with Crippen LogP contribution in [0.3, 0.4) is 0 Å². The summed E-state index contributed by atoms with van der Waals surface area (Å²) in [6, 6.07) is 6.62. The number of nitrogens with one attached hydrogen (secondary N) is 1. The minimum atomic E-state index is -3.57. The van der Waals surface area contributed by atoms with Crippen molar-refractivity contribution in [1.82, 2.24) is 9.62 Å². The van der Waals surface area contributed by atoms with Crippen LogP contribution in [0.1, 0.15) is 19.4 Å². The Labute approximate surface area is 127 Å². The van der Waals surface area contributed by atoms with Crippen LogP contribution in [0.5, 0.6) is 0 Å². The van der Waals surface area contributed by atoms with Gasteiger partial charge in [-0.25, -0.2) is 8.42 Å². The van der Waals surface area contributed by atoms with Crippen LogP contribution in [0.2, 0.25) is 0 Å². The Hall–Kier alpha value is -0.950. The molecule has 1 aliphatic heterocycles. The zero-order valence-electron chi connectivity index (χ0n) is 12.8. The van der Waals surface area contributed by atoms with Crippen molar-refractivity contribution in [1.29, 1.82) is 0 Å². The number of aliphatic hydroxyl groups excluding tert-OH is 1. The molecule has 1 aromatic rings. The van der Waals surface area contributed by atoms with Gasteiger partial charge in [0.05, 0.1) is 17.0 Å². The second kappa shape index (κ2) is 6.44. The van der Waals surface area contributed by atoms with Crippen molar-refractivity contribution in [3.63, 3.8) is 0 Å². The van der Waals surface area contributed by atoms with E-state index in [0.29, 0.717) is 19.0 Å². The molecule has 6 heteroatoms. The van der Waals surface area contributed by atoms with Gasteiger partial charge in [0.1, 0.15) is 0 Å². The summed E-state index contributed by atoms with van der Waals surface area (Å²) in [5.74, 6) is 0.537. The number of nitrogens with zero attached hydrogens (tertiary/aromatic N) is 1. The fraction of sp³-hybridized carbons (Fsp3) is 0.600. The Bertz CT molecular complexity index is 569. The molecular weight excluding hydrogens is 288 g/mol. The van der Waals surface area contributed by atoms with E-state index in [2.05, 4.69) is 19.2 Å². The first kappa shape index (κ1) is 16.4. The SMILES string of the molecule is CC(C)Cc1ccc(S(=O)(=O)N(C)[C@@H]2CNC[C@H]2O)cc1. The molecular formula is C15H24N2O3S. The highest BCUT2D eigenvalue weighted by atomic mass is 32.2. The highest BCUT2D eigenvalue weighted by Crippen LogP contribution is 2.20. The van der Waals surface area contributed by atoms with Crippen LogP contribution in [0.4, 0.5) is 0 Å². The average Bonchev–Trinajstić information content (AvgIpc) is 2.84. The predicted molar refractivity (Wildman–Crippen MR) is 82.6 cm³/mol. The number of hydrogen-bond donors (Lipinski definition) is 2. The molecule has 21 heavy (non-hydrogen) atoms. The van der Waals surface area contributed by atoms with Crippen LogP contribution in [0.15, 0.2) is 29.2 Å². The lowest BCUT2D eigenvalue weighted by Gasteiger charge is -2.25. The topological polar surface area (TPSA) is 69.6 Å². The number of sulfonamides is 1. The second-order valence-corrected chi connectivity index (χ2v) is 8.05. The summed E-state index contributed by atoms with van der Waals surface area (Å²) in [7, 11) is -2.04. The van der Waals surface area contributed by atoms with Gasteiger partial charge in [-0.1, -0.05) is 26.0 Å². The average molecular weight is 312 g/mol. The molecule has 0 radical (unpaired) electrons. The number of benzene rings is 1. The van der Waals surface area contributed by atoms with Crippen LogP contribution in [-0.2, 0) is 16.4 Å². The minimum absolute atomic E-state index is 0.275. The van der Waals surface area contributed by atoms with Gasteiger partial charge in [-0.05, 0) is 30.0 Å². The maximum atomic E-state index is 12.6. The smallest absolute Gasteiger partial charge is 0.243 e. The minimum Gasteiger partial charge on any atom is -0.390 e. The second-order valence-electron chi connectivity index (χ2n) is 6.06. The molecule has 2 rings (SSSR count). The molecule has 2 N–H and O–H groups in total. The van der Waals surface area contributed by atoms with Crippen molar-refractivity contribution >= 4 is 10.0 Å².